The van der Waals surface area contributed by atoms with Gasteiger partial charge in [-0.3, -0.25) is 9.59 Å². The molecule has 0 bridgehead atoms. The number of anilines is 1. The van der Waals surface area contributed by atoms with Crippen molar-refractivity contribution in [3.05, 3.63) is 57.8 Å². The fraction of sp³-hybridized carbons (Fsp3) is 0.263. The molecular weight excluding hydrogens is 403 g/mol. The second-order valence-corrected chi connectivity index (χ2v) is 6.82. The van der Waals surface area contributed by atoms with Crippen LogP contribution in [0.2, 0.25) is 0 Å². The number of benzene rings is 2. The number of halogens is 2. The zero-order valence-electron chi connectivity index (χ0n) is 14.8. The van der Waals surface area contributed by atoms with Crippen LogP contribution in [-0.4, -0.2) is 36.9 Å². The normalized spacial score (nSPS) is 10.3. The third-order valence-corrected chi connectivity index (χ3v) is 4.42. The molecule has 2 amide bonds. The number of likely N-dealkylation sites (N-methyl/N-ethyl adjacent to an activating group) is 1. The van der Waals surface area contributed by atoms with Crippen LogP contribution in [0.25, 0.3) is 0 Å². The van der Waals surface area contributed by atoms with Gasteiger partial charge in [0.2, 0.25) is 5.91 Å². The number of carbonyl (C=O) groups is 2. The van der Waals surface area contributed by atoms with E-state index in [1.165, 1.54) is 24.1 Å². The molecule has 7 heteroatoms. The maximum atomic E-state index is 13.7. The molecule has 26 heavy (non-hydrogen) atoms. The molecule has 5 nitrogen and oxygen atoms in total. The Morgan fingerprint density at radius 2 is 1.96 bits per heavy atom. The molecule has 0 saturated heterocycles. The van der Waals surface area contributed by atoms with Crippen molar-refractivity contribution >= 4 is 33.4 Å². The summed E-state index contributed by atoms with van der Waals surface area (Å²) >= 11 is 3.15. The molecular formula is C19H20BrFN2O3. The van der Waals surface area contributed by atoms with E-state index in [1.54, 1.807) is 6.07 Å². The molecule has 0 unspecified atom stereocenters. The lowest BCUT2D eigenvalue weighted by molar-refractivity contribution is -0.135. The lowest BCUT2D eigenvalue weighted by atomic mass is 10.1. The summed E-state index contributed by atoms with van der Waals surface area (Å²) in [7, 11) is 1.49. The third-order valence-electron chi connectivity index (χ3n) is 3.93. The molecule has 0 atom stereocenters. The van der Waals surface area contributed by atoms with Gasteiger partial charge in [0.05, 0.1) is 6.54 Å². The smallest absolute Gasteiger partial charge is 0.260 e. The number of nitrogens with one attached hydrogen (secondary N) is 1. The van der Waals surface area contributed by atoms with E-state index in [9.17, 15) is 14.0 Å². The van der Waals surface area contributed by atoms with E-state index in [0.29, 0.717) is 10.2 Å². The molecule has 138 valence electrons. The summed E-state index contributed by atoms with van der Waals surface area (Å²) in [4.78, 5) is 25.5. The van der Waals surface area contributed by atoms with Crippen LogP contribution >= 0.6 is 15.9 Å². The largest absolute Gasteiger partial charge is 0.481 e. The van der Waals surface area contributed by atoms with Crippen LogP contribution in [0.3, 0.4) is 0 Å². The highest BCUT2D eigenvalue weighted by Gasteiger charge is 2.15. The van der Waals surface area contributed by atoms with Crippen molar-refractivity contribution in [2.45, 2.75) is 13.8 Å². The predicted octanol–water partition coefficient (Wildman–Crippen LogP) is 3.68. The summed E-state index contributed by atoms with van der Waals surface area (Å²) in [6.45, 7) is 3.39. The quantitative estimate of drug-likeness (QED) is 0.772. The summed E-state index contributed by atoms with van der Waals surface area (Å²) in [5.74, 6) is -1.33. The highest BCUT2D eigenvalue weighted by Crippen LogP contribution is 2.21. The number of amides is 2. The molecule has 0 saturated carbocycles. The molecule has 2 aromatic rings. The van der Waals surface area contributed by atoms with Gasteiger partial charge in [0, 0.05) is 17.2 Å². The van der Waals surface area contributed by atoms with Crippen LogP contribution in [0.5, 0.6) is 5.75 Å². The SMILES string of the molecule is Cc1cccc(NC(=O)CN(C)C(=O)COc2ccc(Br)cc2F)c1C. The Bertz CT molecular complexity index is 826. The number of rotatable bonds is 6. The summed E-state index contributed by atoms with van der Waals surface area (Å²) in [5, 5.41) is 2.79. The average Bonchev–Trinajstić information content (AvgIpc) is 2.57. The van der Waals surface area contributed by atoms with Crippen LogP contribution in [-0.2, 0) is 9.59 Å². The van der Waals surface area contributed by atoms with Crippen molar-refractivity contribution < 1.29 is 18.7 Å². The number of ether oxygens (including phenoxy) is 1. The predicted molar refractivity (Wildman–Crippen MR) is 102 cm³/mol. The van der Waals surface area contributed by atoms with E-state index in [0.717, 1.165) is 11.1 Å². The van der Waals surface area contributed by atoms with Crippen molar-refractivity contribution in [1.29, 1.82) is 0 Å². The first-order chi connectivity index (χ1) is 12.3. The van der Waals surface area contributed by atoms with Gasteiger partial charge < -0.3 is 15.0 Å². The summed E-state index contributed by atoms with van der Waals surface area (Å²) in [6.07, 6.45) is 0. The molecule has 0 aliphatic rings. The van der Waals surface area contributed by atoms with Gasteiger partial charge in [-0.25, -0.2) is 4.39 Å². The van der Waals surface area contributed by atoms with Crippen LogP contribution in [0.4, 0.5) is 10.1 Å². The van der Waals surface area contributed by atoms with E-state index < -0.39 is 11.7 Å². The number of aryl methyl sites for hydroxylation is 1. The van der Waals surface area contributed by atoms with Gasteiger partial charge >= 0.3 is 0 Å². The van der Waals surface area contributed by atoms with Gasteiger partial charge in [0.1, 0.15) is 0 Å². The fourth-order valence-corrected chi connectivity index (χ4v) is 2.55. The van der Waals surface area contributed by atoms with Gasteiger partial charge in [0.15, 0.2) is 18.2 Å². The second kappa shape index (κ2) is 8.80. The first-order valence-corrected chi connectivity index (χ1v) is 8.75. The summed E-state index contributed by atoms with van der Waals surface area (Å²) < 4.78 is 19.4. The molecule has 2 rings (SSSR count). The molecule has 0 aliphatic carbocycles. The van der Waals surface area contributed by atoms with Crippen LogP contribution in [0.15, 0.2) is 40.9 Å². The molecule has 0 aliphatic heterocycles. The molecule has 0 heterocycles. The number of hydrogen-bond donors (Lipinski definition) is 1. The molecule has 1 N–H and O–H groups in total. The molecule has 0 spiro atoms. The monoisotopic (exact) mass is 422 g/mol. The average molecular weight is 423 g/mol. The lowest BCUT2D eigenvalue weighted by Crippen LogP contribution is -2.37. The van der Waals surface area contributed by atoms with Crippen molar-refractivity contribution in [3.63, 3.8) is 0 Å². The van der Waals surface area contributed by atoms with Crippen LogP contribution < -0.4 is 10.1 Å². The highest BCUT2D eigenvalue weighted by molar-refractivity contribution is 9.10. The first-order valence-electron chi connectivity index (χ1n) is 7.96. The maximum Gasteiger partial charge on any atom is 0.260 e. The number of carbonyl (C=O) groups excluding carboxylic acids is 2. The second-order valence-electron chi connectivity index (χ2n) is 5.91. The third kappa shape index (κ3) is 5.29. The van der Waals surface area contributed by atoms with E-state index in [2.05, 4.69) is 21.2 Å². The van der Waals surface area contributed by atoms with Crippen LogP contribution in [0, 0.1) is 19.7 Å². The van der Waals surface area contributed by atoms with Gasteiger partial charge in [-0.1, -0.05) is 28.1 Å². The van der Waals surface area contributed by atoms with Crippen molar-refractivity contribution in [1.82, 2.24) is 4.90 Å². The van der Waals surface area contributed by atoms with Crippen molar-refractivity contribution in [2.24, 2.45) is 0 Å². The minimum Gasteiger partial charge on any atom is -0.481 e. The van der Waals surface area contributed by atoms with E-state index in [1.807, 2.05) is 32.0 Å². The van der Waals surface area contributed by atoms with Gasteiger partial charge in [-0.2, -0.15) is 0 Å². The fourth-order valence-electron chi connectivity index (χ4n) is 2.22. The Morgan fingerprint density at radius 1 is 1.23 bits per heavy atom. The molecule has 0 radical (unpaired) electrons. The Morgan fingerprint density at radius 3 is 2.65 bits per heavy atom. The minimum atomic E-state index is -0.567. The first kappa shape index (κ1) is 19.9. The van der Waals surface area contributed by atoms with E-state index in [4.69, 9.17) is 4.74 Å². The van der Waals surface area contributed by atoms with Gasteiger partial charge in [-0.05, 0) is 49.2 Å². The minimum absolute atomic E-state index is 0.0187. The Hall–Kier alpha value is -2.41. The summed E-state index contributed by atoms with van der Waals surface area (Å²) in [5.41, 5.74) is 2.75. The summed E-state index contributed by atoms with van der Waals surface area (Å²) in [6, 6.07) is 9.92. The van der Waals surface area contributed by atoms with E-state index >= 15 is 0 Å². The Labute approximate surface area is 160 Å². The Balaban J connectivity index is 1.88. The Kier molecular flexibility index (Phi) is 6.74. The number of hydrogen-bond acceptors (Lipinski definition) is 3. The standard InChI is InChI=1S/C19H20BrFN2O3/c1-12-5-4-6-16(13(12)2)22-18(24)10-23(3)19(25)11-26-17-8-7-14(20)9-15(17)21/h4-9H,10-11H2,1-3H3,(H,22,24). The van der Waals surface area contributed by atoms with E-state index in [-0.39, 0.29) is 24.8 Å². The zero-order valence-corrected chi connectivity index (χ0v) is 16.4. The van der Waals surface area contributed by atoms with Crippen LogP contribution in [0.1, 0.15) is 11.1 Å². The molecule has 0 aromatic heterocycles. The van der Waals surface area contributed by atoms with Gasteiger partial charge in [0.25, 0.3) is 5.91 Å². The van der Waals surface area contributed by atoms with Crippen molar-refractivity contribution in [2.75, 3.05) is 25.5 Å². The topological polar surface area (TPSA) is 58.6 Å². The lowest BCUT2D eigenvalue weighted by Gasteiger charge is -2.18. The number of nitrogens with zero attached hydrogens (tertiary/aromatic N) is 1. The molecule has 0 fully saturated rings. The maximum absolute atomic E-state index is 13.7. The van der Waals surface area contributed by atoms with Gasteiger partial charge in [-0.15, -0.1) is 0 Å². The molecule has 2 aromatic carbocycles. The zero-order chi connectivity index (χ0) is 19.3. The highest BCUT2D eigenvalue weighted by atomic mass is 79.9. The van der Waals surface area contributed by atoms with Crippen molar-refractivity contribution in [3.8, 4) is 5.75 Å².